The van der Waals surface area contributed by atoms with Crippen LogP contribution in [0, 0.1) is 5.92 Å². The Morgan fingerprint density at radius 1 is 1.18 bits per heavy atom. The average Bonchev–Trinajstić information content (AvgIpc) is 2.53. The van der Waals surface area contributed by atoms with E-state index in [0.717, 1.165) is 6.54 Å². The molecule has 6 nitrogen and oxygen atoms in total. The Morgan fingerprint density at radius 2 is 1.86 bits per heavy atom. The first-order valence-corrected chi connectivity index (χ1v) is 7.36. The van der Waals surface area contributed by atoms with E-state index >= 15 is 0 Å². The predicted octanol–water partition coefficient (Wildman–Crippen LogP) is 1.56. The van der Waals surface area contributed by atoms with Crippen LogP contribution in [0.2, 0.25) is 0 Å². The number of nitrogens with zero attached hydrogens (tertiary/aromatic N) is 1. The van der Waals surface area contributed by atoms with Crippen molar-refractivity contribution in [2.45, 2.75) is 20.0 Å². The van der Waals surface area contributed by atoms with Crippen LogP contribution in [0.4, 0.5) is 0 Å². The van der Waals surface area contributed by atoms with Crippen molar-refractivity contribution >= 4 is 5.96 Å². The zero-order valence-electron chi connectivity index (χ0n) is 14.0. The molecule has 0 saturated carbocycles. The molecule has 0 unspecified atom stereocenters. The molecule has 0 fully saturated rings. The third-order valence-corrected chi connectivity index (χ3v) is 3.16. The number of methoxy groups -OCH3 is 2. The lowest BCUT2D eigenvalue weighted by Crippen LogP contribution is -2.40. The van der Waals surface area contributed by atoms with E-state index in [-0.39, 0.29) is 0 Å². The number of hydrogen-bond acceptors (Lipinski definition) is 4. The smallest absolute Gasteiger partial charge is 0.191 e. The van der Waals surface area contributed by atoms with Crippen LogP contribution >= 0.6 is 0 Å². The Morgan fingerprint density at radius 3 is 2.41 bits per heavy atom. The van der Waals surface area contributed by atoms with Gasteiger partial charge in [-0.1, -0.05) is 13.8 Å². The summed E-state index contributed by atoms with van der Waals surface area (Å²) in [4.78, 5) is 4.13. The van der Waals surface area contributed by atoms with Gasteiger partial charge in [0.05, 0.1) is 20.3 Å². The second-order valence-corrected chi connectivity index (χ2v) is 5.35. The van der Waals surface area contributed by atoms with Crippen LogP contribution < -0.4 is 20.1 Å². The van der Waals surface area contributed by atoms with Crippen LogP contribution in [0.15, 0.2) is 23.2 Å². The summed E-state index contributed by atoms with van der Waals surface area (Å²) in [6.45, 7) is 5.38. The van der Waals surface area contributed by atoms with Crippen LogP contribution in [0.3, 0.4) is 0 Å². The second kappa shape index (κ2) is 9.15. The molecule has 22 heavy (non-hydrogen) atoms. The second-order valence-electron chi connectivity index (χ2n) is 5.35. The minimum Gasteiger partial charge on any atom is -0.497 e. The van der Waals surface area contributed by atoms with E-state index in [9.17, 15) is 5.11 Å². The van der Waals surface area contributed by atoms with Gasteiger partial charge >= 0.3 is 0 Å². The lowest BCUT2D eigenvalue weighted by molar-refractivity contribution is 0.176. The molecule has 1 aromatic carbocycles. The predicted molar refractivity (Wildman–Crippen MR) is 88.7 cm³/mol. The molecule has 1 aromatic rings. The van der Waals surface area contributed by atoms with E-state index in [1.54, 1.807) is 39.5 Å². The fourth-order valence-electron chi connectivity index (χ4n) is 1.92. The molecule has 0 amide bonds. The minimum atomic E-state index is -0.734. The minimum absolute atomic E-state index is 0.321. The first kappa shape index (κ1) is 18.1. The highest BCUT2D eigenvalue weighted by Gasteiger charge is 2.15. The molecule has 0 heterocycles. The van der Waals surface area contributed by atoms with Gasteiger partial charge in [0.25, 0.3) is 0 Å². The van der Waals surface area contributed by atoms with Gasteiger partial charge in [0, 0.05) is 25.7 Å². The van der Waals surface area contributed by atoms with Gasteiger partial charge in [-0.3, -0.25) is 4.99 Å². The lowest BCUT2D eigenvalue weighted by Gasteiger charge is -2.18. The molecule has 0 radical (unpaired) electrons. The van der Waals surface area contributed by atoms with Crippen LogP contribution in [-0.2, 0) is 0 Å². The number of aliphatic hydroxyl groups excluding tert-OH is 1. The highest BCUT2D eigenvalue weighted by Crippen LogP contribution is 2.28. The summed E-state index contributed by atoms with van der Waals surface area (Å²) in [5, 5.41) is 16.7. The summed E-state index contributed by atoms with van der Waals surface area (Å²) in [6.07, 6.45) is -0.734. The first-order chi connectivity index (χ1) is 10.5. The summed E-state index contributed by atoms with van der Waals surface area (Å²) in [7, 11) is 4.87. The van der Waals surface area contributed by atoms with Gasteiger partial charge < -0.3 is 25.2 Å². The van der Waals surface area contributed by atoms with Crippen molar-refractivity contribution in [2.24, 2.45) is 10.9 Å². The van der Waals surface area contributed by atoms with Gasteiger partial charge in [0.2, 0.25) is 0 Å². The molecule has 1 rings (SSSR count). The quantitative estimate of drug-likeness (QED) is 0.526. The maximum Gasteiger partial charge on any atom is 0.191 e. The van der Waals surface area contributed by atoms with Crippen molar-refractivity contribution < 1.29 is 14.6 Å². The van der Waals surface area contributed by atoms with E-state index < -0.39 is 6.10 Å². The van der Waals surface area contributed by atoms with E-state index in [2.05, 4.69) is 29.5 Å². The van der Waals surface area contributed by atoms with Crippen LogP contribution in [0.1, 0.15) is 25.5 Å². The summed E-state index contributed by atoms with van der Waals surface area (Å²) in [5.74, 6) is 2.48. The number of benzene rings is 1. The van der Waals surface area contributed by atoms with Gasteiger partial charge in [-0.15, -0.1) is 0 Å². The SMILES string of the molecule is CN=C(NCC(C)C)NC[C@H](O)c1cc(OC)ccc1OC. The normalized spacial score (nSPS) is 13.0. The molecule has 0 saturated heterocycles. The van der Waals surface area contributed by atoms with Gasteiger partial charge in [-0.2, -0.15) is 0 Å². The lowest BCUT2D eigenvalue weighted by atomic mass is 10.1. The van der Waals surface area contributed by atoms with Crippen LogP contribution in [-0.4, -0.2) is 45.4 Å². The molecule has 6 heteroatoms. The molecule has 0 spiro atoms. The number of ether oxygens (including phenoxy) is 2. The Kier molecular flexibility index (Phi) is 7.52. The van der Waals surface area contributed by atoms with Gasteiger partial charge in [0.1, 0.15) is 11.5 Å². The molecule has 0 aliphatic rings. The van der Waals surface area contributed by atoms with Gasteiger partial charge in [-0.05, 0) is 24.1 Å². The summed E-state index contributed by atoms with van der Waals surface area (Å²) in [5.41, 5.74) is 0.675. The highest BCUT2D eigenvalue weighted by atomic mass is 16.5. The highest BCUT2D eigenvalue weighted by molar-refractivity contribution is 5.79. The van der Waals surface area contributed by atoms with Crippen molar-refractivity contribution in [2.75, 3.05) is 34.4 Å². The topological polar surface area (TPSA) is 75.1 Å². The maximum atomic E-state index is 10.4. The molecule has 3 N–H and O–H groups in total. The first-order valence-electron chi connectivity index (χ1n) is 7.36. The number of rotatable bonds is 7. The van der Waals surface area contributed by atoms with Crippen LogP contribution in [0.25, 0.3) is 0 Å². The standard InChI is InChI=1S/C16H27N3O3/c1-11(2)9-18-16(17-3)19-10-14(20)13-8-12(21-4)6-7-15(13)22-5/h6-8,11,14,20H,9-10H2,1-5H3,(H2,17,18,19)/t14-/m0/s1. The molecule has 0 aliphatic carbocycles. The largest absolute Gasteiger partial charge is 0.497 e. The summed E-state index contributed by atoms with van der Waals surface area (Å²) >= 11 is 0. The Balaban J connectivity index is 2.69. The van der Waals surface area contributed by atoms with Gasteiger partial charge in [-0.25, -0.2) is 0 Å². The van der Waals surface area contributed by atoms with Crippen molar-refractivity contribution in [1.82, 2.24) is 10.6 Å². The van der Waals surface area contributed by atoms with E-state index in [4.69, 9.17) is 9.47 Å². The fourth-order valence-corrected chi connectivity index (χ4v) is 1.92. The monoisotopic (exact) mass is 309 g/mol. The molecule has 0 bridgehead atoms. The van der Waals surface area contributed by atoms with Crippen LogP contribution in [0.5, 0.6) is 11.5 Å². The van der Waals surface area contributed by atoms with Crippen molar-refractivity contribution in [3.8, 4) is 11.5 Å². The van der Waals surface area contributed by atoms with Gasteiger partial charge in [0.15, 0.2) is 5.96 Å². The maximum absolute atomic E-state index is 10.4. The number of aliphatic hydroxyl groups is 1. The Bertz CT molecular complexity index is 490. The number of hydrogen-bond donors (Lipinski definition) is 3. The Labute approximate surface area is 132 Å². The van der Waals surface area contributed by atoms with Crippen molar-refractivity contribution in [1.29, 1.82) is 0 Å². The number of aliphatic imine (C=N–C) groups is 1. The molecule has 0 aliphatic heterocycles. The summed E-state index contributed by atoms with van der Waals surface area (Å²) < 4.78 is 10.5. The molecule has 0 aromatic heterocycles. The Hall–Kier alpha value is -1.95. The average molecular weight is 309 g/mol. The third kappa shape index (κ3) is 5.44. The van der Waals surface area contributed by atoms with Crippen molar-refractivity contribution in [3.63, 3.8) is 0 Å². The zero-order chi connectivity index (χ0) is 16.5. The number of nitrogens with one attached hydrogen (secondary N) is 2. The molecular formula is C16H27N3O3. The third-order valence-electron chi connectivity index (χ3n) is 3.16. The fraction of sp³-hybridized carbons (Fsp3) is 0.562. The summed E-state index contributed by atoms with van der Waals surface area (Å²) in [6, 6.07) is 5.35. The molecule has 1 atom stereocenters. The van der Waals surface area contributed by atoms with E-state index in [1.165, 1.54) is 0 Å². The van der Waals surface area contributed by atoms with Crippen molar-refractivity contribution in [3.05, 3.63) is 23.8 Å². The number of guanidine groups is 1. The molecular weight excluding hydrogens is 282 g/mol. The van der Waals surface area contributed by atoms with E-state index in [1.807, 2.05) is 0 Å². The molecule has 124 valence electrons. The van der Waals surface area contributed by atoms with E-state index in [0.29, 0.717) is 35.5 Å². The zero-order valence-corrected chi connectivity index (χ0v) is 14.0.